The third-order valence-corrected chi connectivity index (χ3v) is 3.44. The maximum Gasteiger partial charge on any atom is 0.242 e. The first-order valence-corrected chi connectivity index (χ1v) is 6.92. The molecule has 106 valence electrons. The molecule has 0 bridgehead atoms. The maximum absolute atomic E-state index is 11.4. The monoisotopic (exact) mass is 292 g/mol. The summed E-state index contributed by atoms with van der Waals surface area (Å²) in [7, 11) is 1.63. The number of nitrogens with one attached hydrogen (secondary N) is 1. The number of nitrogens with zero attached hydrogens (tertiary/aromatic N) is 2. The fraction of sp³-hybridized carbons (Fsp3) is 0.308. The van der Waals surface area contributed by atoms with E-state index in [1.54, 1.807) is 14.0 Å². The van der Waals surface area contributed by atoms with Gasteiger partial charge in [-0.3, -0.25) is 10.1 Å². The van der Waals surface area contributed by atoms with Crippen LogP contribution >= 0.6 is 11.3 Å². The molecule has 1 aromatic heterocycles. The highest BCUT2D eigenvalue weighted by Gasteiger charge is 2.11. The van der Waals surface area contributed by atoms with Crippen LogP contribution in [0.4, 0.5) is 5.13 Å². The number of benzene rings is 1. The van der Waals surface area contributed by atoms with Crippen molar-refractivity contribution in [3.63, 3.8) is 0 Å². The molecule has 7 heteroatoms. The summed E-state index contributed by atoms with van der Waals surface area (Å²) in [6, 6.07) is 7.18. The lowest BCUT2D eigenvalue weighted by atomic mass is 10.1. The molecule has 0 aliphatic rings. The van der Waals surface area contributed by atoms with E-state index in [9.17, 15) is 4.79 Å². The van der Waals surface area contributed by atoms with Gasteiger partial charge < -0.3 is 10.5 Å². The van der Waals surface area contributed by atoms with Crippen LogP contribution in [-0.4, -0.2) is 29.3 Å². The van der Waals surface area contributed by atoms with E-state index in [1.807, 2.05) is 24.3 Å². The lowest BCUT2D eigenvalue weighted by molar-refractivity contribution is -0.117. The Morgan fingerprint density at radius 3 is 3.00 bits per heavy atom. The van der Waals surface area contributed by atoms with Crippen molar-refractivity contribution in [2.24, 2.45) is 5.73 Å². The van der Waals surface area contributed by atoms with Gasteiger partial charge >= 0.3 is 0 Å². The Labute approximate surface area is 121 Å². The molecule has 0 fully saturated rings. The van der Waals surface area contributed by atoms with Crippen molar-refractivity contribution >= 4 is 22.4 Å². The van der Waals surface area contributed by atoms with E-state index >= 15 is 0 Å². The van der Waals surface area contributed by atoms with Crippen molar-refractivity contribution in [1.29, 1.82) is 0 Å². The maximum atomic E-state index is 11.4. The molecule has 0 spiro atoms. The SMILES string of the molecule is COc1cccc(Cc2nnc(NC(=O)[C@@H](C)N)s2)c1. The number of carbonyl (C=O) groups is 1. The van der Waals surface area contributed by atoms with E-state index in [2.05, 4.69) is 15.5 Å². The molecule has 1 amide bonds. The minimum absolute atomic E-state index is 0.269. The summed E-state index contributed by atoms with van der Waals surface area (Å²) >= 11 is 1.34. The second kappa shape index (κ2) is 6.44. The van der Waals surface area contributed by atoms with Gasteiger partial charge in [-0.05, 0) is 24.6 Å². The van der Waals surface area contributed by atoms with Crippen molar-refractivity contribution < 1.29 is 9.53 Å². The third-order valence-electron chi connectivity index (χ3n) is 2.60. The second-order valence-corrected chi connectivity index (χ2v) is 5.37. The Hall–Kier alpha value is -1.99. The van der Waals surface area contributed by atoms with Gasteiger partial charge in [-0.2, -0.15) is 0 Å². The highest BCUT2D eigenvalue weighted by molar-refractivity contribution is 7.15. The summed E-state index contributed by atoms with van der Waals surface area (Å²) in [4.78, 5) is 11.4. The number of hydrogen-bond donors (Lipinski definition) is 2. The Kier molecular flexibility index (Phi) is 4.65. The predicted octanol–water partition coefficient (Wildman–Crippen LogP) is 1.42. The molecule has 6 nitrogen and oxygen atoms in total. The van der Waals surface area contributed by atoms with Crippen LogP contribution in [0.3, 0.4) is 0 Å². The lowest BCUT2D eigenvalue weighted by Crippen LogP contribution is -2.32. The lowest BCUT2D eigenvalue weighted by Gasteiger charge is -2.03. The highest BCUT2D eigenvalue weighted by Crippen LogP contribution is 2.20. The average molecular weight is 292 g/mol. The third kappa shape index (κ3) is 3.75. The van der Waals surface area contributed by atoms with Gasteiger partial charge in [0, 0.05) is 6.42 Å². The number of carbonyl (C=O) groups excluding carboxylic acids is 1. The van der Waals surface area contributed by atoms with E-state index in [0.717, 1.165) is 16.3 Å². The first-order valence-electron chi connectivity index (χ1n) is 6.10. The molecule has 0 aliphatic carbocycles. The molecule has 3 N–H and O–H groups in total. The van der Waals surface area contributed by atoms with Crippen molar-refractivity contribution in [2.45, 2.75) is 19.4 Å². The van der Waals surface area contributed by atoms with Crippen LogP contribution in [0, 0.1) is 0 Å². The van der Waals surface area contributed by atoms with Gasteiger partial charge in [0.2, 0.25) is 11.0 Å². The number of amides is 1. The van der Waals surface area contributed by atoms with Crippen molar-refractivity contribution in [1.82, 2.24) is 10.2 Å². The van der Waals surface area contributed by atoms with E-state index in [-0.39, 0.29) is 5.91 Å². The highest BCUT2D eigenvalue weighted by atomic mass is 32.1. The zero-order valence-electron chi connectivity index (χ0n) is 11.3. The first kappa shape index (κ1) is 14.4. The molecular weight excluding hydrogens is 276 g/mol. The van der Waals surface area contributed by atoms with Crippen molar-refractivity contribution in [3.05, 3.63) is 34.8 Å². The molecule has 2 rings (SSSR count). The van der Waals surface area contributed by atoms with Crippen LogP contribution in [0.5, 0.6) is 5.75 Å². The summed E-state index contributed by atoms with van der Waals surface area (Å²) in [5, 5.41) is 11.9. The number of aromatic nitrogens is 2. The zero-order chi connectivity index (χ0) is 14.5. The van der Waals surface area contributed by atoms with E-state index in [0.29, 0.717) is 11.6 Å². The molecule has 0 saturated carbocycles. The van der Waals surface area contributed by atoms with Crippen LogP contribution in [0.15, 0.2) is 24.3 Å². The number of nitrogens with two attached hydrogens (primary N) is 1. The summed E-state index contributed by atoms with van der Waals surface area (Å²) in [5.74, 6) is 0.534. The van der Waals surface area contributed by atoms with Gasteiger partial charge in [0.05, 0.1) is 13.2 Å². The van der Waals surface area contributed by atoms with Crippen molar-refractivity contribution in [3.8, 4) is 5.75 Å². The molecule has 0 aliphatic heterocycles. The molecule has 0 radical (unpaired) electrons. The number of hydrogen-bond acceptors (Lipinski definition) is 6. The number of rotatable bonds is 5. The first-order chi connectivity index (χ1) is 9.58. The number of anilines is 1. The Bertz CT molecular complexity index is 598. The summed E-state index contributed by atoms with van der Waals surface area (Å²) in [6.45, 7) is 1.62. The van der Waals surface area contributed by atoms with Crippen LogP contribution in [-0.2, 0) is 11.2 Å². The van der Waals surface area contributed by atoms with E-state index in [4.69, 9.17) is 10.5 Å². The molecule has 1 atom stereocenters. The Balaban J connectivity index is 2.03. The summed E-state index contributed by atoms with van der Waals surface area (Å²) in [5.41, 5.74) is 6.55. The van der Waals surface area contributed by atoms with Crippen LogP contribution in [0.25, 0.3) is 0 Å². The molecule has 20 heavy (non-hydrogen) atoms. The number of methoxy groups -OCH3 is 1. The van der Waals surface area contributed by atoms with Gasteiger partial charge in [0.25, 0.3) is 0 Å². The van der Waals surface area contributed by atoms with E-state index < -0.39 is 6.04 Å². The van der Waals surface area contributed by atoms with Crippen LogP contribution in [0.2, 0.25) is 0 Å². The quantitative estimate of drug-likeness (QED) is 0.870. The molecule has 1 heterocycles. The van der Waals surface area contributed by atoms with E-state index in [1.165, 1.54) is 11.3 Å². The fourth-order valence-corrected chi connectivity index (χ4v) is 2.33. The molecule has 1 aromatic carbocycles. The topological polar surface area (TPSA) is 90.1 Å². The second-order valence-electron chi connectivity index (χ2n) is 4.31. The van der Waals surface area contributed by atoms with Crippen LogP contribution < -0.4 is 15.8 Å². The molecular formula is C13H16N4O2S. The van der Waals surface area contributed by atoms with Gasteiger partial charge in [-0.1, -0.05) is 23.5 Å². The molecule has 0 saturated heterocycles. The van der Waals surface area contributed by atoms with Gasteiger partial charge in [0.1, 0.15) is 10.8 Å². The van der Waals surface area contributed by atoms with Gasteiger partial charge in [-0.15, -0.1) is 10.2 Å². The average Bonchev–Trinajstić information content (AvgIpc) is 2.86. The predicted molar refractivity (Wildman–Crippen MR) is 78.0 cm³/mol. The fourth-order valence-electron chi connectivity index (χ4n) is 1.55. The minimum Gasteiger partial charge on any atom is -0.497 e. The normalized spacial score (nSPS) is 11.9. The molecule has 2 aromatic rings. The summed E-state index contributed by atoms with van der Waals surface area (Å²) < 4.78 is 5.17. The Morgan fingerprint density at radius 2 is 2.30 bits per heavy atom. The van der Waals surface area contributed by atoms with Gasteiger partial charge in [0.15, 0.2) is 0 Å². The number of ether oxygens (including phenoxy) is 1. The van der Waals surface area contributed by atoms with Crippen molar-refractivity contribution in [2.75, 3.05) is 12.4 Å². The van der Waals surface area contributed by atoms with Crippen LogP contribution in [0.1, 0.15) is 17.5 Å². The smallest absolute Gasteiger partial charge is 0.242 e. The largest absolute Gasteiger partial charge is 0.497 e. The zero-order valence-corrected chi connectivity index (χ0v) is 12.1. The standard InChI is InChI=1S/C13H16N4O2S/c1-8(14)12(18)15-13-17-16-11(20-13)7-9-4-3-5-10(6-9)19-2/h3-6,8H,7,14H2,1-2H3,(H,15,17,18)/t8-/m1/s1. The minimum atomic E-state index is -0.569. The van der Waals surface area contributed by atoms with Gasteiger partial charge in [-0.25, -0.2) is 0 Å². The summed E-state index contributed by atoms with van der Waals surface area (Å²) in [6.07, 6.45) is 0.642. The molecule has 0 unspecified atom stereocenters. The Morgan fingerprint density at radius 1 is 1.50 bits per heavy atom.